The molecule has 0 atom stereocenters. The van der Waals surface area contributed by atoms with Crippen LogP contribution in [0.1, 0.15) is 32.2 Å². The molecule has 0 radical (unpaired) electrons. The first-order valence-electron chi connectivity index (χ1n) is 5.78. The van der Waals surface area contributed by atoms with Crippen LogP contribution in [0.25, 0.3) is 0 Å². The van der Waals surface area contributed by atoms with Crippen molar-refractivity contribution in [2.45, 2.75) is 37.4 Å². The van der Waals surface area contributed by atoms with Gasteiger partial charge in [0.2, 0.25) is 5.16 Å². The van der Waals surface area contributed by atoms with Crippen LogP contribution in [0.3, 0.4) is 0 Å². The maximum atomic E-state index is 11.5. The molecule has 0 saturated heterocycles. The van der Waals surface area contributed by atoms with Crippen LogP contribution in [-0.2, 0) is 14.3 Å². The smallest absolute Gasteiger partial charge is 0.313 e. The van der Waals surface area contributed by atoms with Crippen molar-refractivity contribution in [1.82, 2.24) is 20.2 Å². The molecule has 98 valence electrons. The van der Waals surface area contributed by atoms with Crippen molar-refractivity contribution in [3.05, 3.63) is 0 Å². The van der Waals surface area contributed by atoms with Crippen molar-refractivity contribution in [3.63, 3.8) is 0 Å². The maximum Gasteiger partial charge on any atom is 0.313 e. The van der Waals surface area contributed by atoms with Crippen molar-refractivity contribution < 1.29 is 14.3 Å². The fourth-order valence-electron chi connectivity index (χ4n) is 1.40. The molecule has 1 saturated carbocycles. The minimum absolute atomic E-state index is 0.177. The number of Topliss-reactive ketones (excluding diaryl/α,β-unsaturated/α-hetero) is 1. The number of hydrogen-bond acceptors (Lipinski definition) is 7. The number of thioether (sulfide) groups is 1. The zero-order valence-corrected chi connectivity index (χ0v) is 10.9. The highest BCUT2D eigenvalue weighted by molar-refractivity contribution is 7.99. The molecule has 0 aliphatic heterocycles. The summed E-state index contributed by atoms with van der Waals surface area (Å²) < 4.78 is 6.45. The quantitative estimate of drug-likeness (QED) is 0.408. The molecule has 8 heteroatoms. The standard InChI is InChI=1S/C10H14N4O3S/c1-2-17-9(16)5-8(15)6-18-10-11-12-13-14(10)7-3-4-7/h7H,2-6H2,1H3. The van der Waals surface area contributed by atoms with Gasteiger partial charge in [-0.15, -0.1) is 5.10 Å². The number of nitrogens with zero attached hydrogens (tertiary/aromatic N) is 4. The van der Waals surface area contributed by atoms with E-state index in [4.69, 9.17) is 4.74 Å². The SMILES string of the molecule is CCOC(=O)CC(=O)CSc1nnnn1C1CC1. The topological polar surface area (TPSA) is 87.0 Å². The summed E-state index contributed by atoms with van der Waals surface area (Å²) in [6, 6.07) is 0.377. The van der Waals surface area contributed by atoms with Gasteiger partial charge in [-0.25, -0.2) is 4.68 Å². The number of ketones is 1. The molecular weight excluding hydrogens is 256 g/mol. The second-order valence-corrected chi connectivity index (χ2v) is 4.89. The molecule has 0 aromatic carbocycles. The first-order chi connectivity index (χ1) is 8.70. The van der Waals surface area contributed by atoms with Crippen molar-refractivity contribution in [1.29, 1.82) is 0 Å². The molecule has 1 aliphatic carbocycles. The van der Waals surface area contributed by atoms with Crippen LogP contribution in [0, 0.1) is 0 Å². The zero-order chi connectivity index (χ0) is 13.0. The van der Waals surface area contributed by atoms with Gasteiger partial charge in [-0.05, 0) is 30.2 Å². The first kappa shape index (κ1) is 13.0. The second-order valence-electron chi connectivity index (χ2n) is 3.95. The fraction of sp³-hybridized carbons (Fsp3) is 0.700. The van der Waals surface area contributed by atoms with Gasteiger partial charge in [0.1, 0.15) is 6.42 Å². The van der Waals surface area contributed by atoms with Gasteiger partial charge >= 0.3 is 5.97 Å². The van der Waals surface area contributed by atoms with E-state index >= 15 is 0 Å². The average Bonchev–Trinajstić information content (AvgIpc) is 3.06. The Labute approximate surface area is 108 Å². The summed E-state index contributed by atoms with van der Waals surface area (Å²) in [6.45, 7) is 2.00. The van der Waals surface area contributed by atoms with Crippen LogP contribution >= 0.6 is 11.8 Å². The lowest BCUT2D eigenvalue weighted by atomic mass is 10.3. The Balaban J connectivity index is 1.78. The molecule has 0 N–H and O–H groups in total. The number of carbonyl (C=O) groups excluding carboxylic acids is 2. The number of rotatable bonds is 7. The molecule has 0 unspecified atom stereocenters. The highest BCUT2D eigenvalue weighted by Gasteiger charge is 2.28. The Morgan fingerprint density at radius 2 is 2.28 bits per heavy atom. The highest BCUT2D eigenvalue weighted by Crippen LogP contribution is 2.36. The molecule has 0 spiro atoms. The molecule has 0 amide bonds. The van der Waals surface area contributed by atoms with Gasteiger partial charge in [0.25, 0.3) is 0 Å². The summed E-state index contributed by atoms with van der Waals surface area (Å²) in [5.41, 5.74) is 0. The van der Waals surface area contributed by atoms with Gasteiger partial charge in [-0.3, -0.25) is 9.59 Å². The third-order valence-electron chi connectivity index (χ3n) is 2.36. The van der Waals surface area contributed by atoms with E-state index in [0.29, 0.717) is 17.8 Å². The number of esters is 1. The van der Waals surface area contributed by atoms with Crippen LogP contribution in [0.2, 0.25) is 0 Å². The van der Waals surface area contributed by atoms with E-state index in [-0.39, 0.29) is 18.0 Å². The Hall–Kier alpha value is -1.44. The van der Waals surface area contributed by atoms with Crippen LogP contribution in [0.4, 0.5) is 0 Å². The van der Waals surface area contributed by atoms with E-state index in [2.05, 4.69) is 15.5 Å². The van der Waals surface area contributed by atoms with E-state index in [9.17, 15) is 9.59 Å². The molecule has 1 aromatic rings. The largest absolute Gasteiger partial charge is 0.466 e. The fourth-order valence-corrected chi connectivity index (χ4v) is 2.20. The lowest BCUT2D eigenvalue weighted by molar-refractivity contribution is -0.145. The van der Waals surface area contributed by atoms with Crippen molar-refractivity contribution in [2.75, 3.05) is 12.4 Å². The number of tetrazole rings is 1. The van der Waals surface area contributed by atoms with Crippen LogP contribution in [0.15, 0.2) is 5.16 Å². The third kappa shape index (κ3) is 3.52. The van der Waals surface area contributed by atoms with Crippen LogP contribution in [-0.4, -0.2) is 44.3 Å². The van der Waals surface area contributed by atoms with E-state index in [1.54, 1.807) is 11.6 Å². The Morgan fingerprint density at radius 3 is 2.94 bits per heavy atom. The number of aromatic nitrogens is 4. The average molecular weight is 270 g/mol. The number of carbonyl (C=O) groups is 2. The highest BCUT2D eigenvalue weighted by atomic mass is 32.2. The Kier molecular flexibility index (Phi) is 4.29. The van der Waals surface area contributed by atoms with E-state index in [1.807, 2.05) is 0 Å². The van der Waals surface area contributed by atoms with Gasteiger partial charge in [0, 0.05) is 0 Å². The summed E-state index contributed by atoms with van der Waals surface area (Å²) >= 11 is 1.26. The molecule has 1 aliphatic rings. The molecule has 18 heavy (non-hydrogen) atoms. The molecule has 1 heterocycles. The number of hydrogen-bond donors (Lipinski definition) is 0. The summed E-state index contributed by atoms with van der Waals surface area (Å²) in [5.74, 6) is -0.472. The maximum absolute atomic E-state index is 11.5. The van der Waals surface area contributed by atoms with Gasteiger partial charge in [-0.1, -0.05) is 11.8 Å². The Morgan fingerprint density at radius 1 is 1.50 bits per heavy atom. The second kappa shape index (κ2) is 5.94. The molecular formula is C10H14N4O3S. The predicted molar refractivity (Wildman–Crippen MR) is 63.1 cm³/mol. The number of ether oxygens (including phenoxy) is 1. The van der Waals surface area contributed by atoms with Gasteiger partial charge in [0.15, 0.2) is 5.78 Å². The van der Waals surface area contributed by atoms with Crippen LogP contribution in [0.5, 0.6) is 0 Å². The minimum Gasteiger partial charge on any atom is -0.466 e. The Bertz CT molecular complexity index is 444. The van der Waals surface area contributed by atoms with Gasteiger partial charge in [0.05, 0.1) is 18.4 Å². The molecule has 2 rings (SSSR count). The molecule has 1 aromatic heterocycles. The van der Waals surface area contributed by atoms with Crippen molar-refractivity contribution in [3.8, 4) is 0 Å². The normalized spacial score (nSPS) is 14.5. The predicted octanol–water partition coefficient (Wildman–Crippen LogP) is 0.622. The van der Waals surface area contributed by atoms with Crippen LogP contribution < -0.4 is 0 Å². The van der Waals surface area contributed by atoms with E-state index in [1.165, 1.54) is 11.8 Å². The lowest BCUT2D eigenvalue weighted by Gasteiger charge is -2.02. The van der Waals surface area contributed by atoms with Gasteiger partial charge < -0.3 is 4.74 Å². The third-order valence-corrected chi connectivity index (χ3v) is 3.36. The summed E-state index contributed by atoms with van der Waals surface area (Å²) in [5, 5.41) is 12.0. The van der Waals surface area contributed by atoms with Crippen molar-refractivity contribution >= 4 is 23.5 Å². The lowest BCUT2D eigenvalue weighted by Crippen LogP contribution is -2.13. The summed E-state index contributed by atoms with van der Waals surface area (Å²) in [4.78, 5) is 22.6. The molecule has 0 bridgehead atoms. The van der Waals surface area contributed by atoms with E-state index in [0.717, 1.165) is 12.8 Å². The molecule has 7 nitrogen and oxygen atoms in total. The summed E-state index contributed by atoms with van der Waals surface area (Å²) in [7, 11) is 0. The first-order valence-corrected chi connectivity index (χ1v) is 6.77. The molecule has 1 fully saturated rings. The van der Waals surface area contributed by atoms with Gasteiger partial charge in [-0.2, -0.15) is 0 Å². The monoisotopic (exact) mass is 270 g/mol. The summed E-state index contributed by atoms with van der Waals surface area (Å²) in [6.07, 6.45) is 1.97. The van der Waals surface area contributed by atoms with Crippen molar-refractivity contribution in [2.24, 2.45) is 0 Å². The van der Waals surface area contributed by atoms with E-state index < -0.39 is 5.97 Å². The zero-order valence-electron chi connectivity index (χ0n) is 10.0. The minimum atomic E-state index is -0.482.